The Morgan fingerprint density at radius 1 is 1.19 bits per heavy atom. The summed E-state index contributed by atoms with van der Waals surface area (Å²) < 4.78 is 5.02. The van der Waals surface area contributed by atoms with Crippen molar-refractivity contribution in [2.75, 3.05) is 13.7 Å². The minimum atomic E-state index is -0.917. The molecule has 1 amide bonds. The molecule has 2 aromatic rings. The van der Waals surface area contributed by atoms with E-state index in [1.54, 1.807) is 18.2 Å². The van der Waals surface area contributed by atoms with Crippen molar-refractivity contribution in [3.05, 3.63) is 65.7 Å². The molecule has 0 unspecified atom stereocenters. The molecule has 0 aliphatic carbocycles. The number of nitrogens with one attached hydrogen (secondary N) is 1. The van der Waals surface area contributed by atoms with Gasteiger partial charge in [0.15, 0.2) is 11.5 Å². The number of carbonyl (C=O) groups excluding carboxylic acids is 1. The number of carbonyl (C=O) groups is 2. The molecule has 0 spiro atoms. The molecule has 6 nitrogen and oxygen atoms in total. The van der Waals surface area contributed by atoms with Crippen LogP contribution in [0.4, 0.5) is 0 Å². The van der Waals surface area contributed by atoms with E-state index < -0.39 is 5.97 Å². The fourth-order valence-electron chi connectivity index (χ4n) is 2.50. The van der Waals surface area contributed by atoms with Crippen LogP contribution in [0.25, 0.3) is 6.08 Å². The Kier molecular flexibility index (Phi) is 6.79. The van der Waals surface area contributed by atoms with E-state index >= 15 is 0 Å². The number of ether oxygens (including phenoxy) is 1. The van der Waals surface area contributed by atoms with Gasteiger partial charge in [0.05, 0.1) is 13.5 Å². The van der Waals surface area contributed by atoms with Gasteiger partial charge in [-0.15, -0.1) is 0 Å². The van der Waals surface area contributed by atoms with Gasteiger partial charge in [0.25, 0.3) is 0 Å². The second-order valence-electron chi connectivity index (χ2n) is 5.72. The highest BCUT2D eigenvalue weighted by Gasteiger charge is 2.16. The molecule has 2 aromatic carbocycles. The molecule has 1 atom stereocenters. The Balaban J connectivity index is 1.98. The lowest BCUT2D eigenvalue weighted by molar-refractivity contribution is -0.137. The third-order valence-electron chi connectivity index (χ3n) is 3.85. The number of amides is 1. The van der Waals surface area contributed by atoms with Crippen LogP contribution in [-0.4, -0.2) is 35.7 Å². The number of aromatic hydroxyl groups is 1. The van der Waals surface area contributed by atoms with Crippen LogP contribution in [0.1, 0.15) is 23.5 Å². The van der Waals surface area contributed by atoms with Gasteiger partial charge < -0.3 is 20.3 Å². The van der Waals surface area contributed by atoms with E-state index in [1.807, 2.05) is 30.3 Å². The lowest BCUT2D eigenvalue weighted by atomic mass is 9.96. The van der Waals surface area contributed by atoms with Crippen LogP contribution in [0.2, 0.25) is 0 Å². The van der Waals surface area contributed by atoms with E-state index in [0.717, 1.165) is 5.56 Å². The normalized spacial score (nSPS) is 11.9. The van der Waals surface area contributed by atoms with Crippen LogP contribution >= 0.6 is 0 Å². The smallest absolute Gasteiger partial charge is 0.304 e. The fraction of sp³-hybridized carbons (Fsp3) is 0.200. The van der Waals surface area contributed by atoms with Crippen LogP contribution in [0.3, 0.4) is 0 Å². The van der Waals surface area contributed by atoms with Crippen molar-refractivity contribution >= 4 is 18.0 Å². The molecule has 0 saturated carbocycles. The average molecular weight is 355 g/mol. The molecule has 0 aliphatic rings. The Labute approximate surface area is 151 Å². The number of hydrogen-bond acceptors (Lipinski definition) is 4. The molecule has 136 valence electrons. The monoisotopic (exact) mass is 355 g/mol. The Hall–Kier alpha value is -3.28. The molecule has 0 saturated heterocycles. The number of carboxylic acid groups (broad SMARTS) is 1. The summed E-state index contributed by atoms with van der Waals surface area (Å²) in [5, 5.41) is 21.4. The van der Waals surface area contributed by atoms with Gasteiger partial charge in [-0.3, -0.25) is 9.59 Å². The zero-order valence-corrected chi connectivity index (χ0v) is 14.4. The standard InChI is InChI=1S/C20H21NO5/c1-26-18-11-14(7-9-17(18)22)8-10-19(23)21-13-16(12-20(24)25)15-5-3-2-4-6-15/h2-11,16,22H,12-13H2,1H3,(H,21,23)(H,24,25)/b10-8+/t16-/m1/s1. The topological polar surface area (TPSA) is 95.9 Å². The summed E-state index contributed by atoms with van der Waals surface area (Å²) in [6, 6.07) is 14.0. The zero-order chi connectivity index (χ0) is 18.9. The third kappa shape index (κ3) is 5.66. The van der Waals surface area contributed by atoms with Crippen molar-refractivity contribution in [3.8, 4) is 11.5 Å². The molecule has 0 bridgehead atoms. The molecule has 0 aromatic heterocycles. The van der Waals surface area contributed by atoms with Gasteiger partial charge in [-0.05, 0) is 29.3 Å². The molecule has 0 radical (unpaired) electrons. The Bertz CT molecular complexity index is 786. The van der Waals surface area contributed by atoms with Crippen LogP contribution in [-0.2, 0) is 9.59 Å². The maximum Gasteiger partial charge on any atom is 0.304 e. The van der Waals surface area contributed by atoms with E-state index in [-0.39, 0.29) is 30.5 Å². The number of hydrogen-bond donors (Lipinski definition) is 3. The van der Waals surface area contributed by atoms with E-state index in [4.69, 9.17) is 9.84 Å². The van der Waals surface area contributed by atoms with Crippen LogP contribution in [0.5, 0.6) is 11.5 Å². The highest BCUT2D eigenvalue weighted by molar-refractivity contribution is 5.91. The summed E-state index contributed by atoms with van der Waals surface area (Å²) in [5.41, 5.74) is 1.56. The van der Waals surface area contributed by atoms with Gasteiger partial charge in [0, 0.05) is 18.5 Å². The van der Waals surface area contributed by atoms with Gasteiger partial charge in [-0.25, -0.2) is 0 Å². The first-order valence-corrected chi connectivity index (χ1v) is 8.09. The van der Waals surface area contributed by atoms with Gasteiger partial charge in [0.2, 0.25) is 5.91 Å². The van der Waals surface area contributed by atoms with Crippen molar-refractivity contribution < 1.29 is 24.5 Å². The summed E-state index contributed by atoms with van der Waals surface area (Å²) in [6.07, 6.45) is 2.88. The molecule has 3 N–H and O–H groups in total. The summed E-state index contributed by atoms with van der Waals surface area (Å²) in [5.74, 6) is -1.21. The highest BCUT2D eigenvalue weighted by Crippen LogP contribution is 2.26. The third-order valence-corrected chi connectivity index (χ3v) is 3.85. The number of methoxy groups -OCH3 is 1. The van der Waals surface area contributed by atoms with Crippen molar-refractivity contribution in [1.29, 1.82) is 0 Å². The van der Waals surface area contributed by atoms with Gasteiger partial charge in [-0.2, -0.15) is 0 Å². The minimum absolute atomic E-state index is 0.0217. The SMILES string of the molecule is COc1cc(/C=C/C(=O)NC[C@@H](CC(=O)O)c2ccccc2)ccc1O. The largest absolute Gasteiger partial charge is 0.504 e. The number of phenols is 1. The number of carboxylic acids is 1. The molecule has 26 heavy (non-hydrogen) atoms. The second-order valence-corrected chi connectivity index (χ2v) is 5.72. The van der Waals surface area contributed by atoms with Gasteiger partial charge >= 0.3 is 5.97 Å². The molecular weight excluding hydrogens is 334 g/mol. The van der Waals surface area contributed by atoms with E-state index in [1.165, 1.54) is 19.3 Å². The number of phenolic OH excluding ortho intramolecular Hbond substituents is 1. The Morgan fingerprint density at radius 3 is 2.58 bits per heavy atom. The fourth-order valence-corrected chi connectivity index (χ4v) is 2.50. The van der Waals surface area contributed by atoms with Crippen molar-refractivity contribution in [2.24, 2.45) is 0 Å². The molecule has 6 heteroatoms. The zero-order valence-electron chi connectivity index (χ0n) is 14.4. The van der Waals surface area contributed by atoms with Crippen molar-refractivity contribution in [2.45, 2.75) is 12.3 Å². The van der Waals surface area contributed by atoms with Crippen LogP contribution < -0.4 is 10.1 Å². The van der Waals surface area contributed by atoms with E-state index in [0.29, 0.717) is 11.3 Å². The molecule has 0 fully saturated rings. The molecule has 2 rings (SSSR count). The lowest BCUT2D eigenvalue weighted by Gasteiger charge is -2.15. The van der Waals surface area contributed by atoms with Gasteiger partial charge in [0.1, 0.15) is 0 Å². The van der Waals surface area contributed by atoms with Crippen molar-refractivity contribution in [3.63, 3.8) is 0 Å². The quantitative estimate of drug-likeness (QED) is 0.633. The lowest BCUT2D eigenvalue weighted by Crippen LogP contribution is -2.28. The van der Waals surface area contributed by atoms with Crippen LogP contribution in [0, 0.1) is 0 Å². The first-order valence-electron chi connectivity index (χ1n) is 8.09. The summed E-state index contributed by atoms with van der Waals surface area (Å²) in [7, 11) is 1.45. The summed E-state index contributed by atoms with van der Waals surface area (Å²) in [4.78, 5) is 23.1. The highest BCUT2D eigenvalue weighted by atomic mass is 16.5. The van der Waals surface area contributed by atoms with Crippen molar-refractivity contribution in [1.82, 2.24) is 5.32 Å². The minimum Gasteiger partial charge on any atom is -0.504 e. The van der Waals surface area contributed by atoms with E-state index in [9.17, 15) is 14.7 Å². The molecular formula is C20H21NO5. The number of aliphatic carboxylic acids is 1. The summed E-state index contributed by atoms with van der Waals surface area (Å²) >= 11 is 0. The van der Waals surface area contributed by atoms with Gasteiger partial charge in [-0.1, -0.05) is 36.4 Å². The first kappa shape index (κ1) is 19.1. The first-order chi connectivity index (χ1) is 12.5. The number of rotatable bonds is 8. The maximum absolute atomic E-state index is 12.0. The molecule has 0 aliphatic heterocycles. The average Bonchev–Trinajstić information content (AvgIpc) is 2.64. The maximum atomic E-state index is 12.0. The van der Waals surface area contributed by atoms with E-state index in [2.05, 4.69) is 5.32 Å². The Morgan fingerprint density at radius 2 is 1.92 bits per heavy atom. The number of benzene rings is 2. The van der Waals surface area contributed by atoms with Crippen LogP contribution in [0.15, 0.2) is 54.6 Å². The predicted octanol–water partition coefficient (Wildman–Crippen LogP) is 2.79. The predicted molar refractivity (Wildman–Crippen MR) is 98.1 cm³/mol. The molecule has 0 heterocycles. The summed E-state index contributed by atoms with van der Waals surface area (Å²) in [6.45, 7) is 0.221. The second kappa shape index (κ2) is 9.27.